The van der Waals surface area contributed by atoms with Crippen molar-refractivity contribution >= 4 is 35.2 Å². The van der Waals surface area contributed by atoms with Gasteiger partial charge in [0, 0.05) is 36.8 Å². The summed E-state index contributed by atoms with van der Waals surface area (Å²) in [5.74, 6) is -1.33. The first-order chi connectivity index (χ1) is 21.1. The van der Waals surface area contributed by atoms with Gasteiger partial charge in [-0.2, -0.15) is 0 Å². The highest BCUT2D eigenvalue weighted by atomic mass is 35.5. The van der Waals surface area contributed by atoms with Crippen LogP contribution in [0.3, 0.4) is 0 Å². The van der Waals surface area contributed by atoms with E-state index in [1.165, 1.54) is 21.9 Å². The molecule has 44 heavy (non-hydrogen) atoms. The van der Waals surface area contributed by atoms with E-state index in [1.807, 2.05) is 13.8 Å². The van der Waals surface area contributed by atoms with Crippen molar-refractivity contribution in [2.24, 2.45) is 5.92 Å². The van der Waals surface area contributed by atoms with Gasteiger partial charge >= 0.3 is 0 Å². The van der Waals surface area contributed by atoms with Crippen molar-refractivity contribution in [2.45, 2.75) is 58.0 Å². The maximum absolute atomic E-state index is 14.8. The van der Waals surface area contributed by atoms with Crippen LogP contribution >= 0.6 is 11.6 Å². The number of benzene rings is 2. The molecule has 0 spiro atoms. The Morgan fingerprint density at radius 2 is 1.84 bits per heavy atom. The van der Waals surface area contributed by atoms with Crippen molar-refractivity contribution in [2.75, 3.05) is 39.4 Å². The summed E-state index contributed by atoms with van der Waals surface area (Å²) in [6, 6.07) is 6.43. The highest BCUT2D eigenvalue weighted by molar-refractivity contribution is 6.31. The lowest BCUT2D eigenvalue weighted by Crippen LogP contribution is -2.55. The van der Waals surface area contributed by atoms with Crippen molar-refractivity contribution in [3.63, 3.8) is 0 Å². The number of ether oxygens (including phenoxy) is 2. The first-order valence-corrected chi connectivity index (χ1v) is 15.5. The minimum absolute atomic E-state index is 0.0634. The number of aryl methyl sites for hydroxylation is 1. The molecule has 4 amide bonds. The number of hydrogen-bond acceptors (Lipinski definition) is 6. The predicted molar refractivity (Wildman–Crippen MR) is 161 cm³/mol. The second-order valence-electron chi connectivity index (χ2n) is 11.8. The number of halogens is 2. The van der Waals surface area contributed by atoms with E-state index >= 15 is 0 Å². The third kappa shape index (κ3) is 7.26. The van der Waals surface area contributed by atoms with Crippen molar-refractivity contribution in [1.29, 1.82) is 0 Å². The Hall–Kier alpha value is -3.86. The van der Waals surface area contributed by atoms with Gasteiger partial charge in [-0.3, -0.25) is 19.2 Å². The van der Waals surface area contributed by atoms with Crippen LogP contribution in [0.25, 0.3) is 0 Å². The van der Waals surface area contributed by atoms with Gasteiger partial charge in [0.25, 0.3) is 5.91 Å². The number of hydrogen-bond donors (Lipinski definition) is 2. The summed E-state index contributed by atoms with van der Waals surface area (Å²) >= 11 is 6.49. The molecule has 1 saturated heterocycles. The molecule has 2 N–H and O–H groups in total. The first kappa shape index (κ1) is 31.6. The minimum atomic E-state index is -0.772. The molecule has 236 valence electrons. The van der Waals surface area contributed by atoms with Crippen molar-refractivity contribution in [3.8, 4) is 11.5 Å². The Kier molecular flexibility index (Phi) is 9.93. The molecule has 0 radical (unpaired) electrons. The summed E-state index contributed by atoms with van der Waals surface area (Å²) in [6.07, 6.45) is 2.02. The molecular formula is C32H38ClFN4O6. The number of fused-ring (bicyclic) bond motifs is 4. The summed E-state index contributed by atoms with van der Waals surface area (Å²) < 4.78 is 26.0. The van der Waals surface area contributed by atoms with Crippen LogP contribution in [0.5, 0.6) is 11.5 Å². The van der Waals surface area contributed by atoms with E-state index < -0.39 is 23.8 Å². The molecule has 2 aromatic carbocycles. The summed E-state index contributed by atoms with van der Waals surface area (Å²) in [6.45, 7) is 5.12. The van der Waals surface area contributed by atoms with E-state index in [4.69, 9.17) is 21.1 Å². The van der Waals surface area contributed by atoms with Gasteiger partial charge in [0.2, 0.25) is 17.7 Å². The fourth-order valence-corrected chi connectivity index (χ4v) is 6.01. The van der Waals surface area contributed by atoms with Gasteiger partial charge in [0.05, 0.1) is 18.5 Å². The van der Waals surface area contributed by atoms with E-state index in [1.54, 1.807) is 18.2 Å². The van der Waals surface area contributed by atoms with Gasteiger partial charge in [-0.25, -0.2) is 4.39 Å². The van der Waals surface area contributed by atoms with Crippen LogP contribution < -0.4 is 20.1 Å². The largest absolute Gasteiger partial charge is 0.486 e. The lowest BCUT2D eigenvalue weighted by Gasteiger charge is -2.32. The molecule has 2 bridgehead atoms. The minimum Gasteiger partial charge on any atom is -0.486 e. The van der Waals surface area contributed by atoms with E-state index in [9.17, 15) is 23.6 Å². The Labute approximate surface area is 261 Å². The molecule has 3 heterocycles. The molecule has 2 aromatic rings. The van der Waals surface area contributed by atoms with Crippen molar-refractivity contribution in [3.05, 3.63) is 57.9 Å². The van der Waals surface area contributed by atoms with Crippen LogP contribution in [0, 0.1) is 11.7 Å². The number of carbonyl (C=O) groups excluding carboxylic acids is 4. The second kappa shape index (κ2) is 13.8. The van der Waals surface area contributed by atoms with Crippen LogP contribution in [-0.2, 0) is 27.2 Å². The lowest BCUT2D eigenvalue weighted by atomic mass is 10.0. The number of nitrogens with one attached hydrogen (secondary N) is 2. The van der Waals surface area contributed by atoms with Gasteiger partial charge in [-0.1, -0.05) is 31.5 Å². The third-order valence-electron chi connectivity index (χ3n) is 8.33. The average molecular weight is 629 g/mol. The number of rotatable bonds is 3. The zero-order chi connectivity index (χ0) is 31.4. The third-order valence-corrected chi connectivity index (χ3v) is 8.68. The fourth-order valence-electron chi connectivity index (χ4n) is 5.79. The topological polar surface area (TPSA) is 117 Å². The van der Waals surface area contributed by atoms with Crippen LogP contribution in [0.15, 0.2) is 30.3 Å². The fraction of sp³-hybridized carbons (Fsp3) is 0.500. The van der Waals surface area contributed by atoms with E-state index in [0.29, 0.717) is 74.1 Å². The average Bonchev–Trinajstić information content (AvgIpc) is 3.49. The molecule has 0 aromatic heterocycles. The molecule has 1 fully saturated rings. The quantitative estimate of drug-likeness (QED) is 0.540. The molecular weight excluding hydrogens is 591 g/mol. The molecule has 0 saturated carbocycles. The molecule has 0 aliphatic carbocycles. The first-order valence-electron chi connectivity index (χ1n) is 15.1. The van der Waals surface area contributed by atoms with Gasteiger partial charge in [-0.05, 0) is 60.9 Å². The number of nitrogens with zero attached hydrogens (tertiary/aromatic N) is 2. The maximum atomic E-state index is 14.8. The zero-order valence-corrected chi connectivity index (χ0v) is 25.8. The highest BCUT2D eigenvalue weighted by Crippen LogP contribution is 2.35. The smallest absolute Gasteiger partial charge is 0.257 e. The maximum Gasteiger partial charge on any atom is 0.257 e. The van der Waals surface area contributed by atoms with Gasteiger partial charge in [-0.15, -0.1) is 0 Å². The van der Waals surface area contributed by atoms with Crippen molar-refractivity contribution in [1.82, 2.24) is 20.4 Å². The van der Waals surface area contributed by atoms with Crippen LogP contribution in [0.4, 0.5) is 4.39 Å². The van der Waals surface area contributed by atoms with Gasteiger partial charge < -0.3 is 29.9 Å². The summed E-state index contributed by atoms with van der Waals surface area (Å²) in [5.41, 5.74) is 1.22. The van der Waals surface area contributed by atoms with Crippen LogP contribution in [-0.4, -0.2) is 84.9 Å². The Morgan fingerprint density at radius 1 is 1.09 bits per heavy atom. The van der Waals surface area contributed by atoms with E-state index in [-0.39, 0.29) is 48.7 Å². The van der Waals surface area contributed by atoms with Crippen LogP contribution in [0.2, 0.25) is 5.02 Å². The highest BCUT2D eigenvalue weighted by Gasteiger charge is 2.37. The van der Waals surface area contributed by atoms with Gasteiger partial charge in [0.1, 0.15) is 25.1 Å². The van der Waals surface area contributed by atoms with E-state index in [0.717, 1.165) is 5.56 Å². The Morgan fingerprint density at radius 3 is 2.59 bits per heavy atom. The molecule has 0 unspecified atom stereocenters. The van der Waals surface area contributed by atoms with Gasteiger partial charge in [0.15, 0.2) is 11.5 Å². The number of carbonyl (C=O) groups is 4. The lowest BCUT2D eigenvalue weighted by molar-refractivity contribution is -0.136. The second-order valence-corrected chi connectivity index (χ2v) is 12.2. The molecule has 12 heteroatoms. The molecule has 2 atom stereocenters. The predicted octanol–water partition coefficient (Wildman–Crippen LogP) is 3.13. The normalized spacial score (nSPS) is 21.4. The monoisotopic (exact) mass is 628 g/mol. The molecule has 3 aliphatic rings. The summed E-state index contributed by atoms with van der Waals surface area (Å²) in [4.78, 5) is 56.7. The molecule has 5 rings (SSSR count). The zero-order valence-electron chi connectivity index (χ0n) is 25.0. The SMILES string of the molecule is CC(C)[C@@H]1CN(C(=O)Cc2cc3c(cc2Cl)OCCO3)CC(=O)NCCCc2ccc(F)c(c2)C(=O)N2CCC[C@H]2C(=O)N1. The summed E-state index contributed by atoms with van der Waals surface area (Å²) in [5, 5.41) is 6.23. The molecule has 10 nitrogen and oxygen atoms in total. The summed E-state index contributed by atoms with van der Waals surface area (Å²) in [7, 11) is 0. The standard InChI is InChI=1S/C32H38ClFN4O6/c1-19(2)25-17-37(30(40)15-21-14-27-28(16-23(21)33)44-12-11-43-27)18-29(39)35-9-3-5-20-7-8-24(34)22(13-20)32(42)38-10-4-6-26(38)31(41)36-25/h7-8,13-14,16,19,25-26H,3-6,9-12,15,17-18H2,1-2H3,(H,35,39)(H,36,41)/t25-,26-/m0/s1. The Balaban J connectivity index is 1.40. The number of amides is 4. The molecule has 3 aliphatic heterocycles. The van der Waals surface area contributed by atoms with Crippen molar-refractivity contribution < 1.29 is 33.0 Å². The Bertz CT molecular complexity index is 1440. The van der Waals surface area contributed by atoms with E-state index in [2.05, 4.69) is 10.6 Å². The van der Waals surface area contributed by atoms with Crippen LogP contribution in [0.1, 0.15) is 54.6 Å².